The van der Waals surface area contributed by atoms with Gasteiger partial charge in [0.15, 0.2) is 0 Å². The van der Waals surface area contributed by atoms with E-state index in [2.05, 4.69) is 5.32 Å². The molecule has 0 bridgehead atoms. The summed E-state index contributed by atoms with van der Waals surface area (Å²) >= 11 is 12.1. The summed E-state index contributed by atoms with van der Waals surface area (Å²) in [6.07, 6.45) is 1.25. The molecule has 0 aliphatic carbocycles. The van der Waals surface area contributed by atoms with Crippen LogP contribution >= 0.6 is 23.2 Å². The number of sulfonamides is 1. The molecule has 1 N–H and O–H groups in total. The molecule has 2 rings (SSSR count). The van der Waals surface area contributed by atoms with Gasteiger partial charge < -0.3 is 10.2 Å². The molecule has 2 aromatic carbocycles. The second-order valence-electron chi connectivity index (χ2n) is 8.10. The molecule has 0 radical (unpaired) electrons. The van der Waals surface area contributed by atoms with E-state index in [-0.39, 0.29) is 29.2 Å². The fourth-order valence-electron chi connectivity index (χ4n) is 3.36. The number of hydrogen-bond acceptors (Lipinski definition) is 4. The highest BCUT2D eigenvalue weighted by Crippen LogP contribution is 2.25. The molecule has 0 heterocycles. The predicted molar refractivity (Wildman–Crippen MR) is 133 cm³/mol. The van der Waals surface area contributed by atoms with Crippen molar-refractivity contribution in [1.29, 1.82) is 0 Å². The first-order chi connectivity index (χ1) is 15.8. The number of carbonyl (C=O) groups excluding carboxylic acids is 2. The first-order valence-corrected chi connectivity index (χ1v) is 13.2. The van der Waals surface area contributed by atoms with Crippen molar-refractivity contribution in [2.75, 3.05) is 17.1 Å². The van der Waals surface area contributed by atoms with Crippen LogP contribution in [0.15, 0.2) is 42.5 Å². The second-order valence-corrected chi connectivity index (χ2v) is 10.8. The van der Waals surface area contributed by atoms with E-state index in [9.17, 15) is 22.4 Å². The van der Waals surface area contributed by atoms with Crippen molar-refractivity contribution >= 4 is 50.7 Å². The summed E-state index contributed by atoms with van der Waals surface area (Å²) in [5.41, 5.74) is 0.748. The van der Waals surface area contributed by atoms with Crippen LogP contribution in [-0.4, -0.2) is 50.0 Å². The van der Waals surface area contributed by atoms with Gasteiger partial charge in [0.1, 0.15) is 18.4 Å². The van der Waals surface area contributed by atoms with E-state index in [1.165, 1.54) is 17.0 Å². The predicted octanol–water partition coefficient (Wildman–Crippen LogP) is 4.23. The van der Waals surface area contributed by atoms with Gasteiger partial charge in [0.25, 0.3) is 0 Å². The summed E-state index contributed by atoms with van der Waals surface area (Å²) in [5, 5.41) is 3.43. The third-order valence-corrected chi connectivity index (χ3v) is 6.83. The van der Waals surface area contributed by atoms with Crippen LogP contribution in [0.4, 0.5) is 10.1 Å². The Morgan fingerprint density at radius 1 is 1.06 bits per heavy atom. The maximum Gasteiger partial charge on any atom is 0.244 e. The SMILES string of the molecule is CC[C@@H](C(=O)NC(C)C)N(Cc1ccc(Cl)c(Cl)c1)C(=O)CN(c1ccc(F)cc1)S(C)(=O)=O. The number of nitrogens with zero attached hydrogens (tertiary/aromatic N) is 2. The molecule has 2 amide bonds. The van der Waals surface area contributed by atoms with Crippen LogP contribution in [0.2, 0.25) is 10.0 Å². The molecule has 1 atom stereocenters. The molecule has 0 spiro atoms. The van der Waals surface area contributed by atoms with Crippen molar-refractivity contribution in [1.82, 2.24) is 10.2 Å². The minimum Gasteiger partial charge on any atom is -0.352 e. The maximum atomic E-state index is 13.5. The monoisotopic (exact) mass is 531 g/mol. The summed E-state index contributed by atoms with van der Waals surface area (Å²) < 4.78 is 39.2. The first-order valence-electron chi connectivity index (χ1n) is 10.6. The zero-order valence-corrected chi connectivity index (χ0v) is 21.7. The third kappa shape index (κ3) is 7.58. The summed E-state index contributed by atoms with van der Waals surface area (Å²) in [5.74, 6) is -1.51. The van der Waals surface area contributed by atoms with Crippen molar-refractivity contribution in [3.05, 3.63) is 63.9 Å². The van der Waals surface area contributed by atoms with E-state index in [0.29, 0.717) is 17.0 Å². The Labute approximate surface area is 209 Å². The molecule has 0 unspecified atom stereocenters. The Bertz CT molecular complexity index is 1130. The van der Waals surface area contributed by atoms with Gasteiger partial charge in [0.2, 0.25) is 21.8 Å². The Balaban J connectivity index is 2.45. The fourth-order valence-corrected chi connectivity index (χ4v) is 4.53. The van der Waals surface area contributed by atoms with Crippen LogP contribution in [0.25, 0.3) is 0 Å². The van der Waals surface area contributed by atoms with E-state index in [1.54, 1.807) is 39.0 Å². The third-order valence-electron chi connectivity index (χ3n) is 4.95. The highest BCUT2D eigenvalue weighted by molar-refractivity contribution is 7.92. The van der Waals surface area contributed by atoms with Gasteiger partial charge in [-0.2, -0.15) is 0 Å². The Morgan fingerprint density at radius 3 is 2.18 bits per heavy atom. The molecule has 0 aromatic heterocycles. The topological polar surface area (TPSA) is 86.8 Å². The number of carbonyl (C=O) groups is 2. The van der Waals surface area contributed by atoms with Gasteiger partial charge in [-0.05, 0) is 62.2 Å². The highest BCUT2D eigenvalue weighted by atomic mass is 35.5. The molecule has 7 nitrogen and oxygen atoms in total. The zero-order valence-electron chi connectivity index (χ0n) is 19.4. The van der Waals surface area contributed by atoms with Gasteiger partial charge in [-0.3, -0.25) is 13.9 Å². The fraction of sp³-hybridized carbons (Fsp3) is 0.391. The lowest BCUT2D eigenvalue weighted by Gasteiger charge is -2.33. The number of anilines is 1. The van der Waals surface area contributed by atoms with Crippen LogP contribution in [0.5, 0.6) is 0 Å². The van der Waals surface area contributed by atoms with Gasteiger partial charge in [-0.15, -0.1) is 0 Å². The van der Waals surface area contributed by atoms with Crippen molar-refractivity contribution in [2.24, 2.45) is 0 Å². The standard InChI is InChI=1S/C23H28Cl2FN3O4S/c1-5-21(23(31)27-15(2)3)28(13-16-6-11-19(24)20(25)12-16)22(30)14-29(34(4,32)33)18-9-7-17(26)8-10-18/h6-12,15,21H,5,13-14H2,1-4H3,(H,27,31)/t21-/m0/s1. The van der Waals surface area contributed by atoms with E-state index in [1.807, 2.05) is 0 Å². The minimum atomic E-state index is -3.89. The quantitative estimate of drug-likeness (QED) is 0.496. The molecule has 0 fully saturated rings. The second kappa shape index (κ2) is 11.9. The molecule has 0 saturated heterocycles. The Kier molecular flexibility index (Phi) is 9.73. The molecular formula is C23H28Cl2FN3O4S. The molecule has 186 valence electrons. The number of halogens is 3. The lowest BCUT2D eigenvalue weighted by Crippen LogP contribution is -2.53. The number of rotatable bonds is 10. The van der Waals surface area contributed by atoms with Gasteiger partial charge in [0, 0.05) is 12.6 Å². The number of amides is 2. The lowest BCUT2D eigenvalue weighted by molar-refractivity contribution is -0.140. The van der Waals surface area contributed by atoms with Crippen LogP contribution in [0.3, 0.4) is 0 Å². The average molecular weight is 532 g/mol. The van der Waals surface area contributed by atoms with E-state index in [0.717, 1.165) is 22.7 Å². The van der Waals surface area contributed by atoms with Crippen molar-refractivity contribution in [2.45, 2.75) is 45.8 Å². The Hall–Kier alpha value is -2.36. The molecule has 34 heavy (non-hydrogen) atoms. The van der Waals surface area contributed by atoms with E-state index >= 15 is 0 Å². The largest absolute Gasteiger partial charge is 0.352 e. The van der Waals surface area contributed by atoms with E-state index < -0.39 is 34.3 Å². The van der Waals surface area contributed by atoms with Crippen LogP contribution in [-0.2, 0) is 26.2 Å². The lowest BCUT2D eigenvalue weighted by atomic mass is 10.1. The maximum absolute atomic E-state index is 13.5. The van der Waals surface area contributed by atoms with E-state index in [4.69, 9.17) is 23.2 Å². The molecule has 0 aliphatic heterocycles. The van der Waals surface area contributed by atoms with Crippen molar-refractivity contribution in [3.63, 3.8) is 0 Å². The molecule has 0 saturated carbocycles. The molecule has 0 aliphatic rings. The molecule has 2 aromatic rings. The van der Waals surface area contributed by atoms with Crippen LogP contribution < -0.4 is 9.62 Å². The normalized spacial score (nSPS) is 12.4. The zero-order chi connectivity index (χ0) is 25.6. The summed E-state index contributed by atoms with van der Waals surface area (Å²) in [6, 6.07) is 8.59. The highest BCUT2D eigenvalue weighted by Gasteiger charge is 2.32. The first kappa shape index (κ1) is 27.9. The number of nitrogens with one attached hydrogen (secondary N) is 1. The van der Waals surface area contributed by atoms with Gasteiger partial charge in [-0.25, -0.2) is 12.8 Å². The number of hydrogen-bond donors (Lipinski definition) is 1. The van der Waals surface area contributed by atoms with Gasteiger partial charge in [-0.1, -0.05) is 36.2 Å². The minimum absolute atomic E-state index is 0.000758. The van der Waals surface area contributed by atoms with Crippen LogP contribution in [0.1, 0.15) is 32.8 Å². The molecular weight excluding hydrogens is 504 g/mol. The number of benzene rings is 2. The van der Waals surface area contributed by atoms with Gasteiger partial charge in [0.05, 0.1) is 22.0 Å². The Morgan fingerprint density at radius 2 is 1.68 bits per heavy atom. The smallest absolute Gasteiger partial charge is 0.244 e. The van der Waals surface area contributed by atoms with Crippen molar-refractivity contribution < 1.29 is 22.4 Å². The van der Waals surface area contributed by atoms with Crippen LogP contribution in [0, 0.1) is 5.82 Å². The molecule has 11 heteroatoms. The van der Waals surface area contributed by atoms with Gasteiger partial charge >= 0.3 is 0 Å². The summed E-state index contributed by atoms with van der Waals surface area (Å²) in [4.78, 5) is 27.7. The average Bonchev–Trinajstić information content (AvgIpc) is 2.73. The summed E-state index contributed by atoms with van der Waals surface area (Å²) in [6.45, 7) is 4.79. The van der Waals surface area contributed by atoms with Crippen molar-refractivity contribution in [3.8, 4) is 0 Å². The summed E-state index contributed by atoms with van der Waals surface area (Å²) in [7, 11) is -3.89.